The first kappa shape index (κ1) is 16.6. The Morgan fingerprint density at radius 2 is 2.08 bits per heavy atom. The minimum absolute atomic E-state index is 0.00229. The molecule has 0 aliphatic carbocycles. The molecule has 0 saturated carbocycles. The molecule has 5 nitrogen and oxygen atoms in total. The Morgan fingerprint density at radius 3 is 2.75 bits per heavy atom. The minimum atomic E-state index is -0.442. The van der Waals surface area contributed by atoms with Crippen LogP contribution in [0.1, 0.15) is 21.1 Å². The fraction of sp³-hybridized carbons (Fsp3) is 0.389. The topological polar surface area (TPSA) is 62.3 Å². The SMILES string of the molecule is Cc1nc(C)c(CC(=O)N2CCNC(=O)C2Cc2ccccc2)s1. The summed E-state index contributed by atoms with van der Waals surface area (Å²) in [6, 6.07) is 9.38. The van der Waals surface area contributed by atoms with Crippen LogP contribution in [0.5, 0.6) is 0 Å². The molecule has 1 atom stereocenters. The second kappa shape index (κ2) is 7.13. The van der Waals surface area contributed by atoms with E-state index in [2.05, 4.69) is 10.3 Å². The van der Waals surface area contributed by atoms with Gasteiger partial charge in [0.2, 0.25) is 11.8 Å². The summed E-state index contributed by atoms with van der Waals surface area (Å²) < 4.78 is 0. The lowest BCUT2D eigenvalue weighted by atomic mass is 10.0. The summed E-state index contributed by atoms with van der Waals surface area (Å²) in [7, 11) is 0. The highest BCUT2D eigenvalue weighted by atomic mass is 32.1. The Kier molecular flexibility index (Phi) is 4.94. The first-order valence-electron chi connectivity index (χ1n) is 8.08. The number of carbonyl (C=O) groups excluding carboxylic acids is 2. The maximum atomic E-state index is 12.8. The number of piperazine rings is 1. The molecule has 0 bridgehead atoms. The number of rotatable bonds is 4. The number of nitrogens with zero attached hydrogens (tertiary/aromatic N) is 2. The highest BCUT2D eigenvalue weighted by molar-refractivity contribution is 7.11. The Labute approximate surface area is 145 Å². The molecule has 2 aromatic rings. The van der Waals surface area contributed by atoms with Crippen molar-refractivity contribution in [2.24, 2.45) is 0 Å². The van der Waals surface area contributed by atoms with Crippen LogP contribution in [0.15, 0.2) is 30.3 Å². The standard InChI is InChI=1S/C18H21N3O2S/c1-12-16(24-13(2)20-12)11-17(22)21-9-8-19-18(23)15(21)10-14-6-4-3-5-7-14/h3-7,15H,8-11H2,1-2H3,(H,19,23). The number of hydrogen-bond donors (Lipinski definition) is 1. The molecule has 1 fully saturated rings. The summed E-state index contributed by atoms with van der Waals surface area (Å²) >= 11 is 1.55. The first-order chi connectivity index (χ1) is 11.5. The molecule has 126 valence electrons. The number of benzene rings is 1. The van der Waals surface area contributed by atoms with Crippen LogP contribution in [0.25, 0.3) is 0 Å². The van der Waals surface area contributed by atoms with Crippen molar-refractivity contribution in [3.05, 3.63) is 51.5 Å². The van der Waals surface area contributed by atoms with Gasteiger partial charge in [-0.25, -0.2) is 4.98 Å². The van der Waals surface area contributed by atoms with Crippen molar-refractivity contribution >= 4 is 23.2 Å². The Balaban J connectivity index is 1.76. The van der Waals surface area contributed by atoms with Crippen LogP contribution < -0.4 is 5.32 Å². The zero-order valence-corrected chi connectivity index (χ0v) is 14.7. The van der Waals surface area contributed by atoms with Crippen molar-refractivity contribution in [3.8, 4) is 0 Å². The summed E-state index contributed by atoms with van der Waals surface area (Å²) in [6.45, 7) is 4.93. The van der Waals surface area contributed by atoms with E-state index >= 15 is 0 Å². The second-order valence-corrected chi connectivity index (χ2v) is 7.29. The zero-order chi connectivity index (χ0) is 17.1. The van der Waals surface area contributed by atoms with Gasteiger partial charge in [-0.1, -0.05) is 30.3 Å². The molecule has 3 rings (SSSR count). The van der Waals surface area contributed by atoms with Gasteiger partial charge in [-0.05, 0) is 19.4 Å². The molecule has 2 amide bonds. The van der Waals surface area contributed by atoms with Crippen LogP contribution in [0.4, 0.5) is 0 Å². The summed E-state index contributed by atoms with van der Waals surface area (Å²) in [4.78, 5) is 32.2. The predicted molar refractivity (Wildman–Crippen MR) is 93.9 cm³/mol. The van der Waals surface area contributed by atoms with Gasteiger partial charge < -0.3 is 10.2 Å². The summed E-state index contributed by atoms with van der Waals surface area (Å²) in [5.41, 5.74) is 1.97. The summed E-state index contributed by atoms with van der Waals surface area (Å²) in [5.74, 6) is -0.0757. The number of carbonyl (C=O) groups is 2. The fourth-order valence-electron chi connectivity index (χ4n) is 3.03. The van der Waals surface area contributed by atoms with Crippen LogP contribution in [0.3, 0.4) is 0 Å². The van der Waals surface area contributed by atoms with Crippen LogP contribution in [0, 0.1) is 13.8 Å². The summed E-state index contributed by atoms with van der Waals surface area (Å²) in [5, 5.41) is 3.84. The van der Waals surface area contributed by atoms with Crippen molar-refractivity contribution in [2.75, 3.05) is 13.1 Å². The molecular formula is C18H21N3O2S. The number of thiazole rings is 1. The first-order valence-corrected chi connectivity index (χ1v) is 8.90. The van der Waals surface area contributed by atoms with Gasteiger partial charge in [0.1, 0.15) is 6.04 Å². The van der Waals surface area contributed by atoms with Crippen molar-refractivity contribution < 1.29 is 9.59 Å². The van der Waals surface area contributed by atoms with Gasteiger partial charge in [0.05, 0.1) is 17.1 Å². The van der Waals surface area contributed by atoms with Gasteiger partial charge in [-0.2, -0.15) is 0 Å². The highest BCUT2D eigenvalue weighted by Crippen LogP contribution is 2.20. The quantitative estimate of drug-likeness (QED) is 0.922. The van der Waals surface area contributed by atoms with E-state index in [0.29, 0.717) is 25.9 Å². The predicted octanol–water partition coefficient (Wildman–Crippen LogP) is 1.87. The third-order valence-corrected chi connectivity index (χ3v) is 5.31. The molecule has 6 heteroatoms. The van der Waals surface area contributed by atoms with E-state index in [1.807, 2.05) is 44.2 Å². The largest absolute Gasteiger partial charge is 0.353 e. The number of hydrogen-bond acceptors (Lipinski definition) is 4. The van der Waals surface area contributed by atoms with E-state index in [9.17, 15) is 9.59 Å². The third-order valence-electron chi connectivity index (χ3n) is 4.23. The molecule has 1 N–H and O–H groups in total. The Morgan fingerprint density at radius 1 is 1.33 bits per heavy atom. The third kappa shape index (κ3) is 3.64. The molecule has 2 heterocycles. The molecular weight excluding hydrogens is 322 g/mol. The van der Waals surface area contributed by atoms with Crippen molar-refractivity contribution in [1.29, 1.82) is 0 Å². The fourth-order valence-corrected chi connectivity index (χ4v) is 3.96. The van der Waals surface area contributed by atoms with Crippen LogP contribution in [0.2, 0.25) is 0 Å². The van der Waals surface area contributed by atoms with Crippen LogP contribution in [-0.4, -0.2) is 40.8 Å². The second-order valence-electron chi connectivity index (χ2n) is 6.00. The Bertz CT molecular complexity index is 742. The molecule has 1 aliphatic rings. The molecule has 1 unspecified atom stereocenters. The van der Waals surface area contributed by atoms with E-state index in [1.165, 1.54) is 0 Å². The smallest absolute Gasteiger partial charge is 0.243 e. The minimum Gasteiger partial charge on any atom is -0.353 e. The number of nitrogens with one attached hydrogen (secondary N) is 1. The van der Waals surface area contributed by atoms with Crippen molar-refractivity contribution in [2.45, 2.75) is 32.7 Å². The monoisotopic (exact) mass is 343 g/mol. The molecule has 1 saturated heterocycles. The van der Waals surface area contributed by atoms with E-state index in [4.69, 9.17) is 0 Å². The van der Waals surface area contributed by atoms with Crippen molar-refractivity contribution in [1.82, 2.24) is 15.2 Å². The van der Waals surface area contributed by atoms with Crippen LogP contribution >= 0.6 is 11.3 Å². The van der Waals surface area contributed by atoms with E-state index in [-0.39, 0.29) is 11.8 Å². The molecule has 1 aromatic heterocycles. The molecule has 1 aliphatic heterocycles. The van der Waals surface area contributed by atoms with E-state index in [1.54, 1.807) is 16.2 Å². The lowest BCUT2D eigenvalue weighted by Gasteiger charge is -2.35. The zero-order valence-electron chi connectivity index (χ0n) is 13.9. The number of aryl methyl sites for hydroxylation is 2. The highest BCUT2D eigenvalue weighted by Gasteiger charge is 2.33. The maximum Gasteiger partial charge on any atom is 0.243 e. The maximum absolute atomic E-state index is 12.8. The van der Waals surface area contributed by atoms with Gasteiger partial charge in [0, 0.05) is 24.4 Å². The molecule has 0 radical (unpaired) electrons. The number of aromatic nitrogens is 1. The lowest BCUT2D eigenvalue weighted by molar-refractivity contribution is -0.142. The normalized spacial score (nSPS) is 17.7. The molecule has 24 heavy (non-hydrogen) atoms. The van der Waals surface area contributed by atoms with Crippen molar-refractivity contribution in [3.63, 3.8) is 0 Å². The van der Waals surface area contributed by atoms with Gasteiger partial charge >= 0.3 is 0 Å². The Hall–Kier alpha value is -2.21. The molecule has 0 spiro atoms. The van der Waals surface area contributed by atoms with Crippen LogP contribution in [-0.2, 0) is 22.4 Å². The van der Waals surface area contributed by atoms with Gasteiger partial charge in [-0.15, -0.1) is 11.3 Å². The van der Waals surface area contributed by atoms with Gasteiger partial charge in [-0.3, -0.25) is 9.59 Å². The average Bonchev–Trinajstić information content (AvgIpc) is 2.87. The average molecular weight is 343 g/mol. The lowest BCUT2D eigenvalue weighted by Crippen LogP contribution is -2.58. The van der Waals surface area contributed by atoms with E-state index in [0.717, 1.165) is 21.1 Å². The van der Waals surface area contributed by atoms with Gasteiger partial charge in [0.15, 0.2) is 0 Å². The van der Waals surface area contributed by atoms with Gasteiger partial charge in [0.25, 0.3) is 0 Å². The molecule has 1 aromatic carbocycles. The summed E-state index contributed by atoms with van der Waals surface area (Å²) in [6.07, 6.45) is 0.856. The van der Waals surface area contributed by atoms with E-state index < -0.39 is 6.04 Å². The number of amides is 2.